The monoisotopic (exact) mass is 230 g/mol. The van der Waals surface area contributed by atoms with E-state index >= 15 is 0 Å². The fraction of sp³-hybridized carbons (Fsp3) is 0.900. The fourth-order valence-corrected chi connectivity index (χ4v) is 3.13. The smallest absolute Gasteiger partial charge is 0.240 e. The molecule has 0 aliphatic carbocycles. The molecule has 4 nitrogen and oxygen atoms in total. The van der Waals surface area contributed by atoms with E-state index < -0.39 is 0 Å². The van der Waals surface area contributed by atoms with Crippen LogP contribution in [0.4, 0.5) is 0 Å². The van der Waals surface area contributed by atoms with Gasteiger partial charge >= 0.3 is 0 Å². The highest BCUT2D eigenvalue weighted by molar-refractivity contribution is 7.99. The van der Waals surface area contributed by atoms with E-state index in [1.807, 2.05) is 18.9 Å². The maximum Gasteiger partial charge on any atom is 0.240 e. The van der Waals surface area contributed by atoms with E-state index in [1.54, 1.807) is 11.8 Å². The van der Waals surface area contributed by atoms with Crippen LogP contribution >= 0.6 is 11.8 Å². The molecule has 0 aromatic heterocycles. The summed E-state index contributed by atoms with van der Waals surface area (Å²) in [6.45, 7) is 2.81. The number of ether oxygens (including phenoxy) is 1. The number of hydrogen-bond donors (Lipinski definition) is 1. The van der Waals surface area contributed by atoms with Gasteiger partial charge in [-0.15, -0.1) is 11.8 Å². The lowest BCUT2D eigenvalue weighted by Crippen LogP contribution is -2.49. The SMILES string of the molecule is CC1OCCC1N(C)C(=O)C1CSCN1. The van der Waals surface area contributed by atoms with E-state index in [0.29, 0.717) is 0 Å². The molecule has 0 bridgehead atoms. The molecule has 2 rings (SSSR count). The lowest BCUT2D eigenvalue weighted by atomic mass is 10.1. The minimum atomic E-state index is 0.00722. The highest BCUT2D eigenvalue weighted by Crippen LogP contribution is 2.20. The van der Waals surface area contributed by atoms with Gasteiger partial charge in [-0.25, -0.2) is 0 Å². The first-order chi connectivity index (χ1) is 7.20. The Morgan fingerprint density at radius 2 is 2.40 bits per heavy atom. The van der Waals surface area contributed by atoms with Crippen molar-refractivity contribution in [1.29, 1.82) is 0 Å². The average Bonchev–Trinajstić information content (AvgIpc) is 2.85. The predicted molar refractivity (Wildman–Crippen MR) is 60.8 cm³/mol. The lowest BCUT2D eigenvalue weighted by molar-refractivity contribution is -0.134. The topological polar surface area (TPSA) is 41.6 Å². The van der Waals surface area contributed by atoms with Crippen LogP contribution in [-0.4, -0.2) is 54.3 Å². The number of rotatable bonds is 2. The second-order valence-corrected chi connectivity index (χ2v) is 5.18. The van der Waals surface area contributed by atoms with Gasteiger partial charge in [0.1, 0.15) is 0 Å². The molecule has 1 N–H and O–H groups in total. The first-order valence-corrected chi connectivity index (χ1v) is 6.55. The zero-order valence-electron chi connectivity index (χ0n) is 9.23. The summed E-state index contributed by atoms with van der Waals surface area (Å²) in [5, 5.41) is 3.21. The molecule has 3 atom stereocenters. The van der Waals surface area contributed by atoms with Crippen LogP contribution in [0.1, 0.15) is 13.3 Å². The molecule has 0 aromatic rings. The molecule has 0 saturated carbocycles. The normalized spacial score (nSPS) is 35.7. The Balaban J connectivity index is 1.94. The number of likely N-dealkylation sites (N-methyl/N-ethyl adjacent to an activating group) is 1. The molecule has 0 radical (unpaired) electrons. The van der Waals surface area contributed by atoms with Gasteiger partial charge in [-0.2, -0.15) is 0 Å². The van der Waals surface area contributed by atoms with Gasteiger partial charge in [0.25, 0.3) is 0 Å². The van der Waals surface area contributed by atoms with Gasteiger partial charge < -0.3 is 9.64 Å². The molecule has 1 amide bonds. The van der Waals surface area contributed by atoms with E-state index in [1.165, 1.54) is 0 Å². The summed E-state index contributed by atoms with van der Waals surface area (Å²) in [6, 6.07) is 0.262. The average molecular weight is 230 g/mol. The standard InChI is InChI=1S/C10H18N2O2S/c1-7-9(3-4-14-7)12(2)10(13)8-5-15-6-11-8/h7-9,11H,3-6H2,1-2H3. The van der Waals surface area contributed by atoms with Crippen molar-refractivity contribution in [3.8, 4) is 0 Å². The largest absolute Gasteiger partial charge is 0.376 e. The molecule has 0 aromatic carbocycles. The number of hydrogen-bond acceptors (Lipinski definition) is 4. The second-order valence-electron chi connectivity index (χ2n) is 4.15. The highest BCUT2D eigenvalue weighted by atomic mass is 32.2. The molecule has 2 heterocycles. The van der Waals surface area contributed by atoms with Gasteiger partial charge in [-0.05, 0) is 13.3 Å². The molecule has 3 unspecified atom stereocenters. The zero-order valence-corrected chi connectivity index (χ0v) is 10.0. The van der Waals surface area contributed by atoms with Crippen LogP contribution in [0.3, 0.4) is 0 Å². The van der Waals surface area contributed by atoms with Crippen LogP contribution in [0.25, 0.3) is 0 Å². The van der Waals surface area contributed by atoms with Crippen molar-refractivity contribution in [3.63, 3.8) is 0 Å². The van der Waals surface area contributed by atoms with Crippen molar-refractivity contribution in [3.05, 3.63) is 0 Å². The third-order valence-electron chi connectivity index (χ3n) is 3.20. The van der Waals surface area contributed by atoms with Gasteiger partial charge in [0.15, 0.2) is 0 Å². The molecule has 86 valence electrons. The number of carbonyl (C=O) groups excluding carboxylic acids is 1. The van der Waals surface area contributed by atoms with E-state index in [9.17, 15) is 4.79 Å². The molecule has 2 aliphatic heterocycles. The number of nitrogens with zero attached hydrogens (tertiary/aromatic N) is 1. The van der Waals surface area contributed by atoms with Crippen molar-refractivity contribution in [2.75, 3.05) is 25.3 Å². The molecule has 2 aliphatic rings. The number of nitrogens with one attached hydrogen (secondary N) is 1. The maximum absolute atomic E-state index is 12.1. The van der Waals surface area contributed by atoms with Gasteiger partial charge in [0.05, 0.1) is 18.2 Å². The Morgan fingerprint density at radius 3 is 2.93 bits per heavy atom. The summed E-state index contributed by atoms with van der Waals surface area (Å²) in [6.07, 6.45) is 1.14. The van der Waals surface area contributed by atoms with Crippen molar-refractivity contribution in [1.82, 2.24) is 10.2 Å². The minimum absolute atomic E-state index is 0.00722. The third-order valence-corrected chi connectivity index (χ3v) is 4.14. The highest BCUT2D eigenvalue weighted by Gasteiger charge is 2.34. The van der Waals surface area contributed by atoms with Gasteiger partial charge in [-0.1, -0.05) is 0 Å². The van der Waals surface area contributed by atoms with Gasteiger partial charge in [0.2, 0.25) is 5.91 Å². The molecule has 2 saturated heterocycles. The molecule has 5 heteroatoms. The van der Waals surface area contributed by atoms with E-state index in [-0.39, 0.29) is 24.1 Å². The Kier molecular flexibility index (Phi) is 3.53. The van der Waals surface area contributed by atoms with Crippen LogP contribution in [0.2, 0.25) is 0 Å². The summed E-state index contributed by atoms with van der Waals surface area (Å²) in [5.74, 6) is 1.99. The fourth-order valence-electron chi connectivity index (χ4n) is 2.19. The van der Waals surface area contributed by atoms with Crippen molar-refractivity contribution in [2.45, 2.75) is 31.5 Å². The Labute approximate surface area is 94.7 Å². The van der Waals surface area contributed by atoms with E-state index in [4.69, 9.17) is 4.74 Å². The molecular weight excluding hydrogens is 212 g/mol. The van der Waals surface area contributed by atoms with E-state index in [2.05, 4.69) is 5.32 Å². The van der Waals surface area contributed by atoms with Crippen molar-refractivity contribution >= 4 is 17.7 Å². The predicted octanol–water partition coefficient (Wildman–Crippen LogP) is 0.285. The second kappa shape index (κ2) is 4.72. The van der Waals surface area contributed by atoms with Gasteiger partial charge in [-0.3, -0.25) is 10.1 Å². The number of thioether (sulfide) groups is 1. The minimum Gasteiger partial charge on any atom is -0.376 e. The van der Waals surface area contributed by atoms with Crippen LogP contribution < -0.4 is 5.32 Å². The van der Waals surface area contributed by atoms with E-state index in [0.717, 1.165) is 24.7 Å². The first kappa shape index (κ1) is 11.2. The summed E-state index contributed by atoms with van der Waals surface area (Å²) in [5.41, 5.74) is 0. The Bertz CT molecular complexity index is 244. The first-order valence-electron chi connectivity index (χ1n) is 5.39. The Morgan fingerprint density at radius 1 is 1.60 bits per heavy atom. The zero-order chi connectivity index (χ0) is 10.8. The number of amides is 1. The van der Waals surface area contributed by atoms with Crippen LogP contribution in [-0.2, 0) is 9.53 Å². The quantitative estimate of drug-likeness (QED) is 0.740. The Hall–Kier alpha value is -0.260. The summed E-state index contributed by atoms with van der Waals surface area (Å²) in [4.78, 5) is 13.9. The van der Waals surface area contributed by atoms with Crippen LogP contribution in [0, 0.1) is 0 Å². The lowest BCUT2D eigenvalue weighted by Gasteiger charge is -2.28. The molecule has 15 heavy (non-hydrogen) atoms. The summed E-state index contributed by atoms with van der Waals surface area (Å²) in [7, 11) is 1.89. The third kappa shape index (κ3) is 2.29. The summed E-state index contributed by atoms with van der Waals surface area (Å²) >= 11 is 1.78. The van der Waals surface area contributed by atoms with Crippen LogP contribution in [0.5, 0.6) is 0 Å². The maximum atomic E-state index is 12.1. The van der Waals surface area contributed by atoms with Crippen molar-refractivity contribution < 1.29 is 9.53 Å². The van der Waals surface area contributed by atoms with Crippen LogP contribution in [0.15, 0.2) is 0 Å². The summed E-state index contributed by atoms with van der Waals surface area (Å²) < 4.78 is 5.48. The van der Waals surface area contributed by atoms with Crippen molar-refractivity contribution in [2.24, 2.45) is 0 Å². The molecular formula is C10H18N2O2S. The number of carbonyl (C=O) groups is 1. The molecule has 2 fully saturated rings. The van der Waals surface area contributed by atoms with Gasteiger partial charge in [0, 0.05) is 25.3 Å². The molecule has 0 spiro atoms.